The summed E-state index contributed by atoms with van der Waals surface area (Å²) in [4.78, 5) is 15.2. The molecule has 0 radical (unpaired) electrons. The van der Waals surface area contributed by atoms with Crippen LogP contribution in [0, 0.1) is 0 Å². The summed E-state index contributed by atoms with van der Waals surface area (Å²) in [5, 5.41) is 0. The van der Waals surface area contributed by atoms with E-state index in [0.717, 1.165) is 18.4 Å². The van der Waals surface area contributed by atoms with Gasteiger partial charge in [-0.05, 0) is 25.0 Å². The van der Waals surface area contributed by atoms with E-state index >= 15 is 0 Å². The standard InChI is InChI=1S/C12H17NO2/c1-3-5-12(14)15-10(2)8-11-6-4-7-13-9-11/h4,6-7,9-10H,3,5,8H2,1-2H3/t10-/m1/s1. The van der Waals surface area contributed by atoms with Crippen molar-refractivity contribution >= 4 is 5.97 Å². The lowest BCUT2D eigenvalue weighted by Gasteiger charge is -2.12. The molecule has 1 aromatic heterocycles. The van der Waals surface area contributed by atoms with E-state index < -0.39 is 0 Å². The lowest BCUT2D eigenvalue weighted by molar-refractivity contribution is -0.148. The highest BCUT2D eigenvalue weighted by Gasteiger charge is 2.08. The van der Waals surface area contributed by atoms with E-state index in [1.807, 2.05) is 26.0 Å². The van der Waals surface area contributed by atoms with E-state index in [2.05, 4.69) is 4.98 Å². The zero-order chi connectivity index (χ0) is 11.1. The maximum Gasteiger partial charge on any atom is 0.306 e. The van der Waals surface area contributed by atoms with Crippen LogP contribution in [0.5, 0.6) is 0 Å². The SMILES string of the molecule is CCCC(=O)O[C@H](C)Cc1cccnc1. The summed E-state index contributed by atoms with van der Waals surface area (Å²) in [5.41, 5.74) is 1.09. The number of hydrogen-bond acceptors (Lipinski definition) is 3. The highest BCUT2D eigenvalue weighted by atomic mass is 16.5. The van der Waals surface area contributed by atoms with Crippen molar-refractivity contribution in [1.29, 1.82) is 0 Å². The molecule has 0 aliphatic rings. The Morgan fingerprint density at radius 2 is 2.40 bits per heavy atom. The number of rotatable bonds is 5. The zero-order valence-electron chi connectivity index (χ0n) is 9.27. The van der Waals surface area contributed by atoms with Gasteiger partial charge in [-0.2, -0.15) is 0 Å². The number of ether oxygens (including phenoxy) is 1. The number of carbonyl (C=O) groups excluding carboxylic acids is 1. The van der Waals surface area contributed by atoms with Gasteiger partial charge in [0, 0.05) is 25.2 Å². The molecule has 0 unspecified atom stereocenters. The largest absolute Gasteiger partial charge is 0.462 e. The molecule has 0 aliphatic carbocycles. The molecule has 0 aromatic carbocycles. The number of pyridine rings is 1. The molecule has 3 nitrogen and oxygen atoms in total. The van der Waals surface area contributed by atoms with Gasteiger partial charge in [-0.15, -0.1) is 0 Å². The van der Waals surface area contributed by atoms with Crippen LogP contribution in [-0.4, -0.2) is 17.1 Å². The second-order valence-electron chi connectivity index (χ2n) is 3.62. The Labute approximate surface area is 90.5 Å². The Morgan fingerprint density at radius 1 is 1.60 bits per heavy atom. The number of nitrogens with zero attached hydrogens (tertiary/aromatic N) is 1. The lowest BCUT2D eigenvalue weighted by Crippen LogP contribution is -2.16. The van der Waals surface area contributed by atoms with Crippen molar-refractivity contribution in [2.45, 2.75) is 39.2 Å². The molecule has 0 saturated heterocycles. The van der Waals surface area contributed by atoms with Gasteiger partial charge in [-0.25, -0.2) is 0 Å². The fourth-order valence-corrected chi connectivity index (χ4v) is 1.38. The van der Waals surface area contributed by atoms with Crippen LogP contribution in [0.15, 0.2) is 24.5 Å². The zero-order valence-corrected chi connectivity index (χ0v) is 9.27. The molecule has 0 spiro atoms. The summed E-state index contributed by atoms with van der Waals surface area (Å²) < 4.78 is 5.23. The summed E-state index contributed by atoms with van der Waals surface area (Å²) in [7, 11) is 0. The average molecular weight is 207 g/mol. The van der Waals surface area contributed by atoms with E-state index in [1.165, 1.54) is 0 Å². The minimum Gasteiger partial charge on any atom is -0.462 e. The van der Waals surface area contributed by atoms with Gasteiger partial charge in [0.2, 0.25) is 0 Å². The minimum atomic E-state index is -0.117. The van der Waals surface area contributed by atoms with Crippen LogP contribution >= 0.6 is 0 Å². The molecule has 82 valence electrons. The van der Waals surface area contributed by atoms with Crippen molar-refractivity contribution in [3.63, 3.8) is 0 Å². The van der Waals surface area contributed by atoms with Gasteiger partial charge in [0.1, 0.15) is 6.10 Å². The van der Waals surface area contributed by atoms with E-state index in [-0.39, 0.29) is 12.1 Å². The molecule has 0 bridgehead atoms. The first kappa shape index (κ1) is 11.7. The molecule has 1 heterocycles. The molecule has 0 saturated carbocycles. The molecule has 0 amide bonds. The topological polar surface area (TPSA) is 39.2 Å². The summed E-state index contributed by atoms with van der Waals surface area (Å²) in [6.07, 6.45) is 5.51. The monoisotopic (exact) mass is 207 g/mol. The summed E-state index contributed by atoms with van der Waals surface area (Å²) in [6, 6.07) is 3.87. The summed E-state index contributed by atoms with van der Waals surface area (Å²) in [5.74, 6) is -0.117. The molecule has 1 aromatic rings. The highest BCUT2D eigenvalue weighted by molar-refractivity contribution is 5.69. The second-order valence-corrected chi connectivity index (χ2v) is 3.62. The van der Waals surface area contributed by atoms with E-state index in [0.29, 0.717) is 6.42 Å². The van der Waals surface area contributed by atoms with E-state index in [1.54, 1.807) is 12.4 Å². The average Bonchev–Trinajstić information content (AvgIpc) is 2.19. The first-order chi connectivity index (χ1) is 7.22. The van der Waals surface area contributed by atoms with Crippen molar-refractivity contribution in [2.24, 2.45) is 0 Å². The second kappa shape index (κ2) is 6.17. The van der Waals surface area contributed by atoms with Crippen LogP contribution in [0.3, 0.4) is 0 Å². The third kappa shape index (κ3) is 4.58. The Bertz CT molecular complexity index is 298. The van der Waals surface area contributed by atoms with Gasteiger partial charge in [0.15, 0.2) is 0 Å². The first-order valence-corrected chi connectivity index (χ1v) is 5.30. The van der Waals surface area contributed by atoms with E-state index in [9.17, 15) is 4.79 Å². The van der Waals surface area contributed by atoms with Gasteiger partial charge in [-0.3, -0.25) is 9.78 Å². The molecular formula is C12H17NO2. The first-order valence-electron chi connectivity index (χ1n) is 5.30. The predicted octanol–water partition coefficient (Wildman–Crippen LogP) is 2.36. The summed E-state index contributed by atoms with van der Waals surface area (Å²) in [6.45, 7) is 3.87. The van der Waals surface area contributed by atoms with Gasteiger partial charge in [0.25, 0.3) is 0 Å². The fourth-order valence-electron chi connectivity index (χ4n) is 1.38. The number of hydrogen-bond donors (Lipinski definition) is 0. The number of aromatic nitrogens is 1. The predicted molar refractivity (Wildman–Crippen MR) is 58.4 cm³/mol. The van der Waals surface area contributed by atoms with Crippen LogP contribution in [0.4, 0.5) is 0 Å². The summed E-state index contributed by atoms with van der Waals surface area (Å²) >= 11 is 0. The molecule has 1 rings (SSSR count). The van der Waals surface area contributed by atoms with Crippen LogP contribution in [0.1, 0.15) is 32.3 Å². The quantitative estimate of drug-likeness (QED) is 0.696. The van der Waals surface area contributed by atoms with Crippen LogP contribution < -0.4 is 0 Å². The van der Waals surface area contributed by atoms with Crippen molar-refractivity contribution in [2.75, 3.05) is 0 Å². The normalized spacial score (nSPS) is 12.1. The van der Waals surface area contributed by atoms with E-state index in [4.69, 9.17) is 4.74 Å². The van der Waals surface area contributed by atoms with Crippen LogP contribution in [0.2, 0.25) is 0 Å². The fraction of sp³-hybridized carbons (Fsp3) is 0.500. The maximum atomic E-state index is 11.2. The van der Waals surface area contributed by atoms with Crippen molar-refractivity contribution < 1.29 is 9.53 Å². The molecule has 3 heteroatoms. The Hall–Kier alpha value is -1.38. The highest BCUT2D eigenvalue weighted by Crippen LogP contribution is 2.05. The van der Waals surface area contributed by atoms with Gasteiger partial charge in [-0.1, -0.05) is 13.0 Å². The number of esters is 1. The molecule has 0 aliphatic heterocycles. The Balaban J connectivity index is 2.36. The lowest BCUT2D eigenvalue weighted by atomic mass is 10.1. The molecule has 0 fully saturated rings. The maximum absolute atomic E-state index is 11.2. The van der Waals surface area contributed by atoms with Crippen molar-refractivity contribution in [1.82, 2.24) is 4.98 Å². The molecule has 0 N–H and O–H groups in total. The van der Waals surface area contributed by atoms with Gasteiger partial charge < -0.3 is 4.74 Å². The van der Waals surface area contributed by atoms with Crippen LogP contribution in [-0.2, 0) is 16.0 Å². The number of carbonyl (C=O) groups is 1. The Kier molecular flexibility index (Phi) is 4.81. The third-order valence-electron chi connectivity index (χ3n) is 2.03. The Morgan fingerprint density at radius 3 is 3.00 bits per heavy atom. The molecular weight excluding hydrogens is 190 g/mol. The third-order valence-corrected chi connectivity index (χ3v) is 2.03. The van der Waals surface area contributed by atoms with Gasteiger partial charge in [0.05, 0.1) is 0 Å². The van der Waals surface area contributed by atoms with Crippen molar-refractivity contribution in [3.8, 4) is 0 Å². The van der Waals surface area contributed by atoms with Crippen molar-refractivity contribution in [3.05, 3.63) is 30.1 Å². The molecule has 1 atom stereocenters. The molecule has 15 heavy (non-hydrogen) atoms. The van der Waals surface area contributed by atoms with Gasteiger partial charge >= 0.3 is 5.97 Å². The van der Waals surface area contributed by atoms with Crippen LogP contribution in [0.25, 0.3) is 0 Å². The smallest absolute Gasteiger partial charge is 0.306 e. The minimum absolute atomic E-state index is 0.0757.